The molecule has 0 spiro atoms. The minimum absolute atomic E-state index is 0.219. The highest BCUT2D eigenvalue weighted by Crippen LogP contribution is 2.39. The van der Waals surface area contributed by atoms with E-state index in [0.29, 0.717) is 5.25 Å². The largest absolute Gasteiger partial charge is 0.497 e. The summed E-state index contributed by atoms with van der Waals surface area (Å²) < 4.78 is 5.19. The van der Waals surface area contributed by atoms with Gasteiger partial charge in [-0.05, 0) is 31.0 Å². The Labute approximate surface area is 101 Å². The van der Waals surface area contributed by atoms with E-state index in [1.165, 1.54) is 11.3 Å². The second-order valence-electron chi connectivity index (χ2n) is 4.00. The Hall–Kier alpha value is -1.14. The molecule has 84 valence electrons. The number of nitrogens with zero attached hydrogens (tertiary/aromatic N) is 1. The van der Waals surface area contributed by atoms with Gasteiger partial charge in [-0.3, -0.25) is 0 Å². The van der Waals surface area contributed by atoms with Crippen molar-refractivity contribution in [3.05, 3.63) is 24.3 Å². The maximum atomic E-state index is 9.03. The van der Waals surface area contributed by atoms with Gasteiger partial charge >= 0.3 is 0 Å². The molecule has 1 aliphatic rings. The molecule has 2 unspecified atom stereocenters. The van der Waals surface area contributed by atoms with Crippen LogP contribution in [0.2, 0.25) is 0 Å². The van der Waals surface area contributed by atoms with E-state index in [0.717, 1.165) is 18.6 Å². The fourth-order valence-electron chi connectivity index (χ4n) is 2.06. The SMILES string of the molecule is COc1cccc(SC2CCCC2C#N)c1. The van der Waals surface area contributed by atoms with Crippen LogP contribution in [0, 0.1) is 17.2 Å². The molecule has 1 aromatic carbocycles. The fraction of sp³-hybridized carbons (Fsp3) is 0.462. The molecule has 0 saturated heterocycles. The van der Waals surface area contributed by atoms with Gasteiger partial charge in [-0.2, -0.15) is 5.26 Å². The van der Waals surface area contributed by atoms with E-state index in [4.69, 9.17) is 10.00 Å². The third-order valence-corrected chi connectivity index (χ3v) is 4.34. The first-order valence-electron chi connectivity index (χ1n) is 5.54. The molecule has 0 N–H and O–H groups in total. The van der Waals surface area contributed by atoms with Crippen LogP contribution >= 0.6 is 11.8 Å². The molecule has 16 heavy (non-hydrogen) atoms. The molecule has 0 heterocycles. The normalized spacial score (nSPS) is 24.0. The molecular weight excluding hydrogens is 218 g/mol. The summed E-state index contributed by atoms with van der Waals surface area (Å²) in [7, 11) is 1.68. The van der Waals surface area contributed by atoms with Crippen molar-refractivity contribution in [2.45, 2.75) is 29.4 Å². The van der Waals surface area contributed by atoms with Gasteiger partial charge in [0.05, 0.1) is 19.1 Å². The van der Waals surface area contributed by atoms with Gasteiger partial charge in [0, 0.05) is 10.1 Å². The Morgan fingerprint density at radius 2 is 2.31 bits per heavy atom. The third kappa shape index (κ3) is 2.51. The van der Waals surface area contributed by atoms with Gasteiger partial charge < -0.3 is 4.74 Å². The highest BCUT2D eigenvalue weighted by molar-refractivity contribution is 8.00. The Morgan fingerprint density at radius 1 is 1.44 bits per heavy atom. The van der Waals surface area contributed by atoms with E-state index < -0.39 is 0 Å². The van der Waals surface area contributed by atoms with Gasteiger partial charge in [0.1, 0.15) is 5.75 Å². The molecule has 0 bridgehead atoms. The van der Waals surface area contributed by atoms with E-state index in [1.54, 1.807) is 7.11 Å². The lowest BCUT2D eigenvalue weighted by Crippen LogP contribution is -2.07. The predicted molar refractivity (Wildman–Crippen MR) is 65.6 cm³/mol. The van der Waals surface area contributed by atoms with Gasteiger partial charge in [-0.15, -0.1) is 11.8 Å². The Morgan fingerprint density at radius 3 is 3.06 bits per heavy atom. The summed E-state index contributed by atoms with van der Waals surface area (Å²) in [4.78, 5) is 1.20. The summed E-state index contributed by atoms with van der Waals surface area (Å²) in [6.07, 6.45) is 3.39. The van der Waals surface area contributed by atoms with Gasteiger partial charge in [-0.25, -0.2) is 0 Å². The third-order valence-electron chi connectivity index (χ3n) is 2.95. The minimum Gasteiger partial charge on any atom is -0.497 e. The molecule has 2 rings (SSSR count). The molecule has 0 aliphatic heterocycles. The summed E-state index contributed by atoms with van der Waals surface area (Å²) in [5.74, 6) is 1.10. The van der Waals surface area contributed by atoms with Crippen LogP contribution < -0.4 is 4.74 Å². The number of hydrogen-bond donors (Lipinski definition) is 0. The lowest BCUT2D eigenvalue weighted by atomic mass is 10.1. The fourth-order valence-corrected chi connectivity index (χ4v) is 3.40. The van der Waals surface area contributed by atoms with Crippen molar-refractivity contribution in [3.63, 3.8) is 0 Å². The molecule has 0 amide bonds. The van der Waals surface area contributed by atoms with Crippen LogP contribution in [0.5, 0.6) is 5.75 Å². The second-order valence-corrected chi connectivity index (χ2v) is 5.31. The zero-order valence-corrected chi connectivity index (χ0v) is 10.2. The molecule has 1 aliphatic carbocycles. The average Bonchev–Trinajstić information content (AvgIpc) is 2.76. The van der Waals surface area contributed by atoms with Crippen LogP contribution in [0.25, 0.3) is 0 Å². The van der Waals surface area contributed by atoms with Crippen molar-refractivity contribution in [1.82, 2.24) is 0 Å². The standard InChI is InChI=1S/C13H15NOS/c1-15-11-5-3-6-12(8-11)16-13-7-2-4-10(13)9-14/h3,5-6,8,10,13H,2,4,7H2,1H3. The second kappa shape index (κ2) is 5.27. The van der Waals surface area contributed by atoms with Crippen LogP contribution in [-0.2, 0) is 0 Å². The first kappa shape index (κ1) is 11.3. The van der Waals surface area contributed by atoms with Crippen molar-refractivity contribution in [1.29, 1.82) is 5.26 Å². The average molecular weight is 233 g/mol. The molecule has 0 radical (unpaired) electrons. The van der Waals surface area contributed by atoms with E-state index in [2.05, 4.69) is 12.1 Å². The number of ether oxygens (including phenoxy) is 1. The molecular formula is C13H15NOS. The Balaban J connectivity index is 2.06. The van der Waals surface area contributed by atoms with Crippen molar-refractivity contribution in [3.8, 4) is 11.8 Å². The molecule has 1 fully saturated rings. The minimum atomic E-state index is 0.219. The Bertz CT molecular complexity index is 399. The van der Waals surface area contributed by atoms with Crippen molar-refractivity contribution < 1.29 is 4.74 Å². The molecule has 0 aromatic heterocycles. The molecule has 2 nitrogen and oxygen atoms in total. The van der Waals surface area contributed by atoms with Crippen LogP contribution in [0.15, 0.2) is 29.2 Å². The Kier molecular flexibility index (Phi) is 3.74. The van der Waals surface area contributed by atoms with E-state index >= 15 is 0 Å². The smallest absolute Gasteiger partial charge is 0.119 e. The lowest BCUT2D eigenvalue weighted by molar-refractivity contribution is 0.413. The van der Waals surface area contributed by atoms with Crippen molar-refractivity contribution >= 4 is 11.8 Å². The topological polar surface area (TPSA) is 33.0 Å². The number of rotatable bonds is 3. The maximum Gasteiger partial charge on any atom is 0.119 e. The molecule has 2 atom stereocenters. The predicted octanol–water partition coefficient (Wildman–Crippen LogP) is 3.48. The zero-order valence-electron chi connectivity index (χ0n) is 9.35. The highest BCUT2D eigenvalue weighted by atomic mass is 32.2. The van der Waals surface area contributed by atoms with Gasteiger partial charge in [0.15, 0.2) is 0 Å². The summed E-state index contributed by atoms with van der Waals surface area (Å²) >= 11 is 1.81. The van der Waals surface area contributed by atoms with Crippen molar-refractivity contribution in [2.24, 2.45) is 5.92 Å². The number of thioether (sulfide) groups is 1. The van der Waals surface area contributed by atoms with Crippen LogP contribution in [0.3, 0.4) is 0 Å². The number of nitriles is 1. The van der Waals surface area contributed by atoms with Gasteiger partial charge in [-0.1, -0.05) is 12.5 Å². The van der Waals surface area contributed by atoms with Crippen LogP contribution in [0.4, 0.5) is 0 Å². The summed E-state index contributed by atoms with van der Waals surface area (Å²) in [6.45, 7) is 0. The maximum absolute atomic E-state index is 9.03. The first-order chi connectivity index (χ1) is 7.83. The van der Waals surface area contributed by atoms with Crippen LogP contribution in [0.1, 0.15) is 19.3 Å². The van der Waals surface area contributed by atoms with E-state index in [9.17, 15) is 0 Å². The summed E-state index contributed by atoms with van der Waals surface area (Å²) in [5.41, 5.74) is 0. The highest BCUT2D eigenvalue weighted by Gasteiger charge is 2.27. The van der Waals surface area contributed by atoms with E-state index in [1.807, 2.05) is 30.0 Å². The zero-order chi connectivity index (χ0) is 11.4. The lowest BCUT2D eigenvalue weighted by Gasteiger charge is -2.13. The number of methoxy groups -OCH3 is 1. The van der Waals surface area contributed by atoms with Crippen LogP contribution in [-0.4, -0.2) is 12.4 Å². The number of benzene rings is 1. The molecule has 1 saturated carbocycles. The molecule has 1 aromatic rings. The van der Waals surface area contributed by atoms with E-state index in [-0.39, 0.29) is 5.92 Å². The summed E-state index contributed by atoms with van der Waals surface area (Å²) in [5, 5.41) is 9.48. The quantitative estimate of drug-likeness (QED) is 0.801. The van der Waals surface area contributed by atoms with Crippen molar-refractivity contribution in [2.75, 3.05) is 7.11 Å². The molecule has 3 heteroatoms. The number of hydrogen-bond acceptors (Lipinski definition) is 3. The first-order valence-corrected chi connectivity index (χ1v) is 6.42. The monoisotopic (exact) mass is 233 g/mol. The summed E-state index contributed by atoms with van der Waals surface area (Å²) in [6, 6.07) is 10.5. The van der Waals surface area contributed by atoms with Gasteiger partial charge in [0.2, 0.25) is 0 Å². The van der Waals surface area contributed by atoms with Gasteiger partial charge in [0.25, 0.3) is 0 Å².